The molecule has 5 rings (SSSR count). The average Bonchev–Trinajstić information content (AvgIpc) is 3.39. The number of nitrogens with zero attached hydrogens (tertiary/aromatic N) is 3. The lowest BCUT2D eigenvalue weighted by molar-refractivity contribution is -0.134. The van der Waals surface area contributed by atoms with E-state index in [9.17, 15) is 22.8 Å². The summed E-state index contributed by atoms with van der Waals surface area (Å²) in [4.78, 5) is 41.6. The molecule has 1 unspecified atom stereocenters. The van der Waals surface area contributed by atoms with Crippen LogP contribution < -0.4 is 10.2 Å². The van der Waals surface area contributed by atoms with Gasteiger partial charge in [0.2, 0.25) is 15.9 Å². The quantitative estimate of drug-likeness (QED) is 0.639. The molecule has 3 heterocycles. The van der Waals surface area contributed by atoms with E-state index in [1.165, 1.54) is 15.3 Å². The van der Waals surface area contributed by atoms with Gasteiger partial charge in [-0.2, -0.15) is 4.31 Å². The number of anilines is 1. The Bertz CT molecular complexity index is 1290. The number of hydrogen-bond donors (Lipinski definition) is 1. The van der Waals surface area contributed by atoms with Crippen molar-refractivity contribution in [2.24, 2.45) is 0 Å². The van der Waals surface area contributed by atoms with Crippen LogP contribution in [0.15, 0.2) is 53.4 Å². The van der Waals surface area contributed by atoms with Crippen LogP contribution in [0.25, 0.3) is 0 Å². The maximum Gasteiger partial charge on any atom is 0.325 e. The number of piperidine rings is 1. The van der Waals surface area contributed by atoms with Gasteiger partial charge in [0, 0.05) is 25.3 Å². The molecule has 0 radical (unpaired) electrons. The van der Waals surface area contributed by atoms with Gasteiger partial charge in [-0.25, -0.2) is 13.2 Å². The van der Waals surface area contributed by atoms with E-state index in [2.05, 4.69) is 5.32 Å². The van der Waals surface area contributed by atoms with Crippen molar-refractivity contribution < 1.29 is 22.8 Å². The van der Waals surface area contributed by atoms with Gasteiger partial charge in [-0.05, 0) is 55.5 Å². The highest BCUT2D eigenvalue weighted by Gasteiger charge is 2.49. The number of rotatable bonds is 5. The first kappa shape index (κ1) is 23.5. The van der Waals surface area contributed by atoms with Crippen molar-refractivity contribution in [1.29, 1.82) is 0 Å². The molecule has 2 aromatic rings. The first-order valence-corrected chi connectivity index (χ1v) is 13.3. The zero-order valence-electron chi connectivity index (χ0n) is 19.6. The summed E-state index contributed by atoms with van der Waals surface area (Å²) in [7, 11) is -3.57. The minimum atomic E-state index is -3.57. The van der Waals surface area contributed by atoms with Gasteiger partial charge in [0.05, 0.1) is 4.90 Å². The van der Waals surface area contributed by atoms with Gasteiger partial charge in [-0.3, -0.25) is 14.5 Å². The fraction of sp³-hybridized carbons (Fsp3) is 0.400. The van der Waals surface area contributed by atoms with Crippen molar-refractivity contribution in [3.63, 3.8) is 0 Å². The predicted octanol–water partition coefficient (Wildman–Crippen LogP) is 2.22. The molecule has 1 N–H and O–H groups in total. The summed E-state index contributed by atoms with van der Waals surface area (Å²) in [6, 6.07) is 13.1. The van der Waals surface area contributed by atoms with E-state index in [4.69, 9.17) is 0 Å². The van der Waals surface area contributed by atoms with Crippen LogP contribution >= 0.6 is 0 Å². The number of amides is 4. The molecule has 9 nitrogen and oxygen atoms in total. The summed E-state index contributed by atoms with van der Waals surface area (Å²) in [5.74, 6) is -0.874. The second-order valence-electron chi connectivity index (χ2n) is 9.36. The molecule has 4 amide bonds. The van der Waals surface area contributed by atoms with E-state index in [1.54, 1.807) is 43.3 Å². The molecule has 10 heteroatoms. The highest BCUT2D eigenvalue weighted by atomic mass is 32.2. The smallest absolute Gasteiger partial charge is 0.319 e. The van der Waals surface area contributed by atoms with Crippen LogP contribution in [0.4, 0.5) is 10.5 Å². The van der Waals surface area contributed by atoms with E-state index in [1.807, 2.05) is 6.07 Å². The molecule has 1 atom stereocenters. The minimum absolute atomic E-state index is 0.236. The Morgan fingerprint density at radius 2 is 1.71 bits per heavy atom. The van der Waals surface area contributed by atoms with Crippen LogP contribution in [-0.2, 0) is 31.6 Å². The molecular formula is C25H28N4O5S. The van der Waals surface area contributed by atoms with Gasteiger partial charge in [0.25, 0.3) is 5.91 Å². The van der Waals surface area contributed by atoms with Crippen molar-refractivity contribution in [1.82, 2.24) is 14.5 Å². The van der Waals surface area contributed by atoms with Crippen LogP contribution in [0.3, 0.4) is 0 Å². The lowest BCUT2D eigenvalue weighted by Gasteiger charge is -2.26. The fourth-order valence-corrected chi connectivity index (χ4v) is 6.65. The third-order valence-electron chi connectivity index (χ3n) is 7.12. The minimum Gasteiger partial charge on any atom is -0.319 e. The molecular weight excluding hydrogens is 468 g/mol. The monoisotopic (exact) mass is 496 g/mol. The molecule has 0 bridgehead atoms. The van der Waals surface area contributed by atoms with Gasteiger partial charge in [-0.1, -0.05) is 36.8 Å². The number of carbonyl (C=O) groups is 3. The van der Waals surface area contributed by atoms with Gasteiger partial charge >= 0.3 is 6.03 Å². The van der Waals surface area contributed by atoms with Crippen molar-refractivity contribution in [2.45, 2.75) is 43.0 Å². The number of hydrogen-bond acceptors (Lipinski definition) is 5. The zero-order valence-corrected chi connectivity index (χ0v) is 20.4. The molecule has 2 saturated heterocycles. The maximum absolute atomic E-state index is 13.2. The van der Waals surface area contributed by atoms with E-state index in [0.29, 0.717) is 37.3 Å². The Morgan fingerprint density at radius 1 is 1.00 bits per heavy atom. The summed E-state index contributed by atoms with van der Waals surface area (Å²) < 4.78 is 27.6. The van der Waals surface area contributed by atoms with Crippen molar-refractivity contribution in [3.8, 4) is 0 Å². The van der Waals surface area contributed by atoms with Crippen molar-refractivity contribution in [2.75, 3.05) is 31.1 Å². The number of carbonyl (C=O) groups excluding carboxylic acids is 3. The number of nitrogens with one attached hydrogen (secondary N) is 1. The maximum atomic E-state index is 13.2. The second kappa shape index (κ2) is 8.76. The molecule has 3 aliphatic heterocycles. The molecule has 0 spiro atoms. The molecule has 2 fully saturated rings. The zero-order chi connectivity index (χ0) is 24.8. The van der Waals surface area contributed by atoms with Crippen LogP contribution in [0.2, 0.25) is 0 Å². The molecule has 0 aliphatic carbocycles. The summed E-state index contributed by atoms with van der Waals surface area (Å²) >= 11 is 0. The fourth-order valence-electron chi connectivity index (χ4n) is 5.08. The number of sulfonamides is 1. The topological polar surface area (TPSA) is 107 Å². The number of fused-ring (bicyclic) bond motifs is 1. The Hall–Kier alpha value is -3.24. The van der Waals surface area contributed by atoms with Crippen molar-refractivity contribution in [3.05, 3.63) is 59.7 Å². The SMILES string of the molecule is CC1(c2ccccc2)NC(=O)N(CC(=O)N2CCc3cc(S(=O)(=O)N4CCCCC4)ccc32)C1=O. The Balaban J connectivity index is 1.33. The lowest BCUT2D eigenvalue weighted by atomic mass is 9.92. The first-order valence-electron chi connectivity index (χ1n) is 11.8. The van der Waals surface area contributed by atoms with Crippen LogP contribution in [0.5, 0.6) is 0 Å². The summed E-state index contributed by atoms with van der Waals surface area (Å²) in [5.41, 5.74) is 0.787. The summed E-state index contributed by atoms with van der Waals surface area (Å²) in [6.07, 6.45) is 3.26. The second-order valence-corrected chi connectivity index (χ2v) is 11.3. The number of urea groups is 1. The van der Waals surface area contributed by atoms with E-state index < -0.39 is 33.4 Å². The van der Waals surface area contributed by atoms with Gasteiger partial charge in [0.15, 0.2) is 0 Å². The normalized spacial score (nSPS) is 22.9. The van der Waals surface area contributed by atoms with Crippen LogP contribution in [-0.4, -0.2) is 61.6 Å². The molecule has 0 saturated carbocycles. The third kappa shape index (κ3) is 4.00. The van der Waals surface area contributed by atoms with Crippen LogP contribution in [0.1, 0.15) is 37.3 Å². The largest absolute Gasteiger partial charge is 0.325 e. The Kier molecular flexibility index (Phi) is 5.88. The van der Waals surface area contributed by atoms with E-state index in [-0.39, 0.29) is 11.4 Å². The van der Waals surface area contributed by atoms with Crippen LogP contribution in [0, 0.1) is 0 Å². The van der Waals surface area contributed by atoms with Gasteiger partial charge < -0.3 is 10.2 Å². The molecule has 0 aromatic heterocycles. The third-order valence-corrected chi connectivity index (χ3v) is 9.01. The lowest BCUT2D eigenvalue weighted by Crippen LogP contribution is -2.44. The number of imide groups is 1. The Labute approximate surface area is 204 Å². The summed E-state index contributed by atoms with van der Waals surface area (Å²) in [6.45, 7) is 2.65. The van der Waals surface area contributed by atoms with Crippen molar-refractivity contribution >= 4 is 33.6 Å². The highest BCUT2D eigenvalue weighted by Crippen LogP contribution is 2.33. The molecule has 184 valence electrons. The summed E-state index contributed by atoms with van der Waals surface area (Å²) in [5, 5.41) is 2.71. The first-order chi connectivity index (χ1) is 16.7. The predicted molar refractivity (Wildman–Crippen MR) is 129 cm³/mol. The molecule has 2 aromatic carbocycles. The highest BCUT2D eigenvalue weighted by molar-refractivity contribution is 7.89. The molecule has 3 aliphatic rings. The van der Waals surface area contributed by atoms with Gasteiger partial charge in [0.1, 0.15) is 12.1 Å². The standard InChI is InChI=1S/C25H28N4O5S/c1-25(19-8-4-2-5-9-19)23(31)29(24(32)26-25)17-22(30)28-15-12-18-16-20(10-11-21(18)28)35(33,34)27-13-6-3-7-14-27/h2,4-5,8-11,16H,3,6-7,12-15,17H2,1H3,(H,26,32). The van der Waals surface area contributed by atoms with E-state index in [0.717, 1.165) is 29.7 Å². The molecule has 35 heavy (non-hydrogen) atoms. The average molecular weight is 497 g/mol. The van der Waals surface area contributed by atoms with E-state index >= 15 is 0 Å². The Morgan fingerprint density at radius 3 is 2.43 bits per heavy atom. The number of benzene rings is 2. The van der Waals surface area contributed by atoms with Gasteiger partial charge in [-0.15, -0.1) is 0 Å².